The van der Waals surface area contributed by atoms with E-state index in [1.165, 1.54) is 109 Å². The van der Waals surface area contributed by atoms with E-state index in [2.05, 4.69) is 47.7 Å². The molecule has 0 aliphatic carbocycles. The van der Waals surface area contributed by atoms with E-state index in [0.717, 1.165) is 64.2 Å². The zero-order chi connectivity index (χ0) is 42.7. The molecular formula is C45H85NO11S. The van der Waals surface area contributed by atoms with Crippen LogP contribution in [-0.4, -0.2) is 95.4 Å². The Kier molecular flexibility index (Phi) is 34.1. The molecule has 1 amide bonds. The number of unbranched alkanes of at least 4 members (excludes halogenated alkanes) is 23. The molecule has 0 saturated carbocycles. The molecule has 0 bridgehead atoms. The zero-order valence-electron chi connectivity index (χ0n) is 36.4. The van der Waals surface area contributed by atoms with Crippen molar-refractivity contribution in [3.8, 4) is 0 Å². The molecule has 1 heterocycles. The standard InChI is InChI=1S/C45H85NO11S/c1-3-5-7-9-11-13-15-16-17-18-19-20-21-22-23-24-25-27-29-31-33-35-41(49)46-38(39(48)34-32-30-28-26-14-12-10-8-6-4-2)37-55-45-43(51)44(57-58(52,53)54)42(50)40(36-47)56-45/h5,7,11,13,38-40,42-45,47-48,50-51H,3-4,6,8-10,12,14-37H2,1-2H3,(H,46,49)(H,52,53,54)/b7-5-,13-11-. The topological polar surface area (TPSA) is 192 Å². The maximum absolute atomic E-state index is 13.0. The maximum Gasteiger partial charge on any atom is 0.397 e. The van der Waals surface area contributed by atoms with Crippen LogP contribution >= 0.6 is 0 Å². The molecule has 58 heavy (non-hydrogen) atoms. The van der Waals surface area contributed by atoms with Crippen molar-refractivity contribution in [2.45, 2.75) is 243 Å². The highest BCUT2D eigenvalue weighted by Gasteiger charge is 2.48. The smallest absolute Gasteiger partial charge is 0.394 e. The first kappa shape index (κ1) is 54.6. The van der Waals surface area contributed by atoms with Crippen LogP contribution in [0.3, 0.4) is 0 Å². The molecule has 13 heteroatoms. The summed E-state index contributed by atoms with van der Waals surface area (Å²) < 4.78 is 47.6. The molecule has 7 atom stereocenters. The normalized spacial score (nSPS) is 21.3. The summed E-state index contributed by atoms with van der Waals surface area (Å²) in [5.74, 6) is -0.232. The number of amides is 1. The molecule has 1 saturated heterocycles. The Morgan fingerprint density at radius 1 is 0.707 bits per heavy atom. The number of nitrogens with one attached hydrogen (secondary N) is 1. The minimum absolute atomic E-state index is 0.232. The molecule has 7 unspecified atom stereocenters. The highest BCUT2D eigenvalue weighted by atomic mass is 32.3. The summed E-state index contributed by atoms with van der Waals surface area (Å²) in [4.78, 5) is 13.0. The summed E-state index contributed by atoms with van der Waals surface area (Å²) in [5, 5.41) is 44.7. The average molecular weight is 848 g/mol. The van der Waals surface area contributed by atoms with Crippen molar-refractivity contribution in [3.63, 3.8) is 0 Å². The predicted molar refractivity (Wildman–Crippen MR) is 232 cm³/mol. The average Bonchev–Trinajstić information content (AvgIpc) is 3.19. The quantitative estimate of drug-likeness (QED) is 0.0197. The van der Waals surface area contributed by atoms with Gasteiger partial charge in [-0.1, -0.05) is 179 Å². The fourth-order valence-electron chi connectivity index (χ4n) is 7.44. The van der Waals surface area contributed by atoms with Crippen LogP contribution in [0.4, 0.5) is 0 Å². The minimum atomic E-state index is -5.07. The molecule has 1 rings (SSSR count). The fourth-order valence-corrected chi connectivity index (χ4v) is 7.95. The third kappa shape index (κ3) is 28.9. The molecular weight excluding hydrogens is 763 g/mol. The number of hydrogen-bond acceptors (Lipinski definition) is 10. The largest absolute Gasteiger partial charge is 0.397 e. The lowest BCUT2D eigenvalue weighted by Crippen LogP contribution is -2.61. The van der Waals surface area contributed by atoms with Gasteiger partial charge in [0.1, 0.15) is 24.4 Å². The fraction of sp³-hybridized carbons (Fsp3) is 0.889. The van der Waals surface area contributed by atoms with Crippen molar-refractivity contribution in [2.24, 2.45) is 0 Å². The Labute approximate surface area is 352 Å². The first-order valence-electron chi connectivity index (χ1n) is 23.2. The van der Waals surface area contributed by atoms with E-state index in [1.807, 2.05) is 0 Å². The third-order valence-corrected chi connectivity index (χ3v) is 11.5. The summed E-state index contributed by atoms with van der Waals surface area (Å²) in [5.41, 5.74) is 0. The molecule has 342 valence electrons. The highest BCUT2D eigenvalue weighted by molar-refractivity contribution is 7.80. The summed E-state index contributed by atoms with van der Waals surface area (Å²) in [6, 6.07) is -0.854. The van der Waals surface area contributed by atoms with Crippen LogP contribution < -0.4 is 5.32 Å². The predicted octanol–water partition coefficient (Wildman–Crippen LogP) is 8.94. The number of aliphatic hydroxyl groups excluding tert-OH is 4. The van der Waals surface area contributed by atoms with Crippen molar-refractivity contribution in [3.05, 3.63) is 24.3 Å². The van der Waals surface area contributed by atoms with Gasteiger partial charge in [0, 0.05) is 6.42 Å². The molecule has 1 fully saturated rings. The SMILES string of the molecule is CC/C=C\C/C=C\CCCCCCCCCCCCCCCCC(=O)NC(COC1OC(CO)C(O)C(OS(=O)(=O)O)C1O)C(O)CCCCCCCCCCCC. The second-order valence-electron chi connectivity index (χ2n) is 16.3. The second-order valence-corrected chi connectivity index (χ2v) is 17.4. The van der Waals surface area contributed by atoms with Crippen LogP contribution in [0.25, 0.3) is 0 Å². The Morgan fingerprint density at radius 3 is 1.72 bits per heavy atom. The first-order chi connectivity index (χ1) is 28.0. The van der Waals surface area contributed by atoms with E-state index >= 15 is 0 Å². The van der Waals surface area contributed by atoms with E-state index in [-0.39, 0.29) is 12.5 Å². The van der Waals surface area contributed by atoms with Gasteiger partial charge < -0.3 is 35.2 Å². The van der Waals surface area contributed by atoms with Crippen LogP contribution in [0.5, 0.6) is 0 Å². The van der Waals surface area contributed by atoms with Gasteiger partial charge in [-0.2, -0.15) is 8.42 Å². The van der Waals surface area contributed by atoms with Crippen LogP contribution in [0.15, 0.2) is 24.3 Å². The van der Waals surface area contributed by atoms with Crippen LogP contribution in [0, 0.1) is 0 Å². The Bertz CT molecular complexity index is 1140. The van der Waals surface area contributed by atoms with Gasteiger partial charge in [0.15, 0.2) is 6.29 Å². The lowest BCUT2D eigenvalue weighted by molar-refractivity contribution is -0.298. The van der Waals surface area contributed by atoms with Gasteiger partial charge >= 0.3 is 10.4 Å². The van der Waals surface area contributed by atoms with Gasteiger partial charge in [0.25, 0.3) is 0 Å². The van der Waals surface area contributed by atoms with Crippen LogP contribution in [-0.2, 0) is 28.9 Å². The lowest BCUT2D eigenvalue weighted by atomic mass is 9.99. The van der Waals surface area contributed by atoms with Crippen molar-refractivity contribution < 1.29 is 51.8 Å². The highest BCUT2D eigenvalue weighted by Crippen LogP contribution is 2.26. The molecule has 1 aliphatic rings. The lowest BCUT2D eigenvalue weighted by Gasteiger charge is -2.41. The summed E-state index contributed by atoms with van der Waals surface area (Å²) >= 11 is 0. The van der Waals surface area contributed by atoms with Gasteiger partial charge in [0.05, 0.1) is 25.4 Å². The van der Waals surface area contributed by atoms with Gasteiger partial charge in [-0.25, -0.2) is 4.18 Å². The summed E-state index contributed by atoms with van der Waals surface area (Å²) in [6.45, 7) is 3.32. The third-order valence-electron chi connectivity index (χ3n) is 11.0. The monoisotopic (exact) mass is 848 g/mol. The number of carbonyl (C=O) groups is 1. The van der Waals surface area contributed by atoms with E-state index in [0.29, 0.717) is 12.8 Å². The molecule has 1 aliphatic heterocycles. The number of rotatable bonds is 39. The van der Waals surface area contributed by atoms with Crippen molar-refractivity contribution >= 4 is 16.3 Å². The van der Waals surface area contributed by atoms with Crippen molar-refractivity contribution in [1.82, 2.24) is 5.32 Å². The molecule has 0 aromatic heterocycles. The number of carbonyl (C=O) groups excluding carboxylic acids is 1. The molecule has 0 aromatic rings. The summed E-state index contributed by atoms with van der Waals surface area (Å²) in [7, 11) is -5.07. The maximum atomic E-state index is 13.0. The number of aliphatic hydroxyl groups is 4. The minimum Gasteiger partial charge on any atom is -0.394 e. The van der Waals surface area contributed by atoms with E-state index in [4.69, 9.17) is 14.0 Å². The van der Waals surface area contributed by atoms with Crippen LogP contribution in [0.2, 0.25) is 0 Å². The number of hydrogen-bond donors (Lipinski definition) is 6. The second kappa shape index (κ2) is 36.3. The zero-order valence-corrected chi connectivity index (χ0v) is 37.2. The Hall–Kier alpha value is -1.42. The van der Waals surface area contributed by atoms with Crippen molar-refractivity contribution in [2.75, 3.05) is 13.2 Å². The van der Waals surface area contributed by atoms with Gasteiger partial charge in [0.2, 0.25) is 5.91 Å². The van der Waals surface area contributed by atoms with Crippen LogP contribution in [0.1, 0.15) is 200 Å². The first-order valence-corrected chi connectivity index (χ1v) is 24.6. The summed E-state index contributed by atoms with van der Waals surface area (Å²) in [6.07, 6.45) is 31.9. The van der Waals surface area contributed by atoms with E-state index in [9.17, 15) is 33.6 Å². The molecule has 6 N–H and O–H groups in total. The molecule has 12 nitrogen and oxygen atoms in total. The van der Waals surface area contributed by atoms with E-state index < -0.39 is 59.9 Å². The van der Waals surface area contributed by atoms with Gasteiger partial charge in [-0.05, 0) is 38.5 Å². The molecule has 0 spiro atoms. The Balaban J connectivity index is 2.40. The van der Waals surface area contributed by atoms with Gasteiger partial charge in [-0.3, -0.25) is 9.35 Å². The number of ether oxygens (including phenoxy) is 2. The van der Waals surface area contributed by atoms with Gasteiger partial charge in [-0.15, -0.1) is 0 Å². The van der Waals surface area contributed by atoms with E-state index in [1.54, 1.807) is 0 Å². The molecule has 0 radical (unpaired) electrons. The molecule has 0 aromatic carbocycles. The van der Waals surface area contributed by atoms with Crippen molar-refractivity contribution in [1.29, 1.82) is 0 Å². The number of allylic oxidation sites excluding steroid dienone is 4. The Morgan fingerprint density at radius 2 is 1.21 bits per heavy atom.